The van der Waals surface area contributed by atoms with Gasteiger partial charge in [-0.25, -0.2) is 0 Å². The van der Waals surface area contributed by atoms with E-state index in [1.54, 1.807) is 6.07 Å². The summed E-state index contributed by atoms with van der Waals surface area (Å²) in [7, 11) is 0. The van der Waals surface area contributed by atoms with Crippen molar-refractivity contribution in [1.82, 2.24) is 5.32 Å². The van der Waals surface area contributed by atoms with Crippen molar-refractivity contribution in [2.45, 2.75) is 33.2 Å². The van der Waals surface area contributed by atoms with E-state index in [0.717, 1.165) is 26.2 Å². The molecule has 19 heavy (non-hydrogen) atoms. The van der Waals surface area contributed by atoms with Gasteiger partial charge < -0.3 is 20.3 Å². The zero-order valence-corrected chi connectivity index (χ0v) is 12.0. The van der Waals surface area contributed by atoms with E-state index < -0.39 is 0 Å². The van der Waals surface area contributed by atoms with Crippen molar-refractivity contribution in [2.75, 3.05) is 19.8 Å². The summed E-state index contributed by atoms with van der Waals surface area (Å²) >= 11 is 0. The van der Waals surface area contributed by atoms with Gasteiger partial charge in [0.15, 0.2) is 0 Å². The molecule has 0 aliphatic rings. The minimum atomic E-state index is -0.00259. The minimum Gasteiger partial charge on any atom is -0.508 e. The maximum absolute atomic E-state index is 9.73. The highest BCUT2D eigenvalue weighted by Crippen LogP contribution is 2.27. The average Bonchev–Trinajstić information content (AvgIpc) is 2.36. The van der Waals surface area contributed by atoms with Crippen molar-refractivity contribution in [3.8, 4) is 11.5 Å². The number of phenols is 2. The lowest BCUT2D eigenvalue weighted by atomic mass is 10.1. The van der Waals surface area contributed by atoms with Gasteiger partial charge in [0.1, 0.15) is 11.5 Å². The number of phenolic OH excluding ortho intramolecular Hbond substituents is 2. The first-order chi connectivity index (χ1) is 9.00. The predicted molar refractivity (Wildman–Crippen MR) is 76.5 cm³/mol. The van der Waals surface area contributed by atoms with E-state index >= 15 is 0 Å². The molecule has 4 nitrogen and oxygen atoms in total. The third-order valence-corrected chi connectivity index (χ3v) is 2.84. The lowest BCUT2D eigenvalue weighted by Crippen LogP contribution is -2.21. The number of nitrogens with one attached hydrogen (secondary N) is 1. The summed E-state index contributed by atoms with van der Waals surface area (Å²) in [5.41, 5.74) is 0.711. The smallest absolute Gasteiger partial charge is 0.120 e. The number of ether oxygens (including phenoxy) is 1. The summed E-state index contributed by atoms with van der Waals surface area (Å²) in [6.45, 7) is 8.57. The van der Waals surface area contributed by atoms with Crippen LogP contribution >= 0.6 is 0 Å². The number of aromatic hydroxyl groups is 2. The highest BCUT2D eigenvalue weighted by Gasteiger charge is 2.10. The summed E-state index contributed by atoms with van der Waals surface area (Å²) < 4.78 is 5.50. The fourth-order valence-electron chi connectivity index (χ4n) is 1.81. The molecule has 0 aliphatic carbocycles. The molecule has 1 aromatic carbocycles. The molecule has 0 saturated carbocycles. The van der Waals surface area contributed by atoms with E-state index in [2.05, 4.69) is 19.2 Å². The number of hydrogen-bond acceptors (Lipinski definition) is 4. The third kappa shape index (κ3) is 5.94. The maximum atomic E-state index is 9.73. The molecule has 0 heterocycles. The van der Waals surface area contributed by atoms with Crippen LogP contribution in [0.15, 0.2) is 18.2 Å². The molecule has 0 spiro atoms. The molecular formula is C15H25NO3. The van der Waals surface area contributed by atoms with Gasteiger partial charge in [-0.2, -0.15) is 0 Å². The lowest BCUT2D eigenvalue weighted by molar-refractivity contribution is 0.107. The molecule has 0 fully saturated rings. The van der Waals surface area contributed by atoms with Crippen LogP contribution in [0.25, 0.3) is 0 Å². The van der Waals surface area contributed by atoms with Crippen LogP contribution in [0.3, 0.4) is 0 Å². The van der Waals surface area contributed by atoms with Crippen LogP contribution in [0.2, 0.25) is 0 Å². The van der Waals surface area contributed by atoms with Crippen molar-refractivity contribution in [3.05, 3.63) is 23.8 Å². The second-order valence-electron chi connectivity index (χ2n) is 5.24. The van der Waals surface area contributed by atoms with Crippen LogP contribution in [0.4, 0.5) is 0 Å². The summed E-state index contributed by atoms with van der Waals surface area (Å²) in [5.74, 6) is 0.937. The van der Waals surface area contributed by atoms with E-state index in [1.807, 2.05) is 6.92 Å². The minimum absolute atomic E-state index is 0.00259. The molecule has 0 saturated heterocycles. The predicted octanol–water partition coefficient (Wildman–Crippen LogP) is 2.81. The Hall–Kier alpha value is -1.26. The van der Waals surface area contributed by atoms with Crippen LogP contribution in [-0.2, 0) is 4.74 Å². The van der Waals surface area contributed by atoms with Crippen molar-refractivity contribution in [1.29, 1.82) is 0 Å². The standard InChI is InChI=1S/C15H25NO3/c1-11(2)10-19-8-4-7-16-12(3)14-9-13(17)5-6-15(14)18/h5-6,9,11-12,16-18H,4,7-8,10H2,1-3H3. The Bertz CT molecular complexity index is 380. The summed E-state index contributed by atoms with van der Waals surface area (Å²) in [4.78, 5) is 0. The molecule has 1 aromatic rings. The summed E-state index contributed by atoms with van der Waals surface area (Å²) in [6, 6.07) is 4.57. The first-order valence-corrected chi connectivity index (χ1v) is 6.83. The second-order valence-corrected chi connectivity index (χ2v) is 5.24. The van der Waals surface area contributed by atoms with Gasteiger partial charge in [0.25, 0.3) is 0 Å². The Labute approximate surface area is 115 Å². The fraction of sp³-hybridized carbons (Fsp3) is 0.600. The van der Waals surface area contributed by atoms with Gasteiger partial charge in [0.05, 0.1) is 0 Å². The Kier molecular flexibility index (Phi) is 6.67. The number of hydrogen-bond donors (Lipinski definition) is 3. The molecule has 4 heteroatoms. The van der Waals surface area contributed by atoms with Crippen LogP contribution in [0.5, 0.6) is 11.5 Å². The third-order valence-electron chi connectivity index (χ3n) is 2.84. The maximum Gasteiger partial charge on any atom is 0.120 e. The molecule has 3 N–H and O–H groups in total. The molecule has 108 valence electrons. The molecule has 0 aliphatic heterocycles. The second kappa shape index (κ2) is 8.02. The highest BCUT2D eigenvalue weighted by molar-refractivity contribution is 5.40. The van der Waals surface area contributed by atoms with Crippen molar-refractivity contribution in [3.63, 3.8) is 0 Å². The monoisotopic (exact) mass is 267 g/mol. The average molecular weight is 267 g/mol. The van der Waals surface area contributed by atoms with Gasteiger partial charge in [0, 0.05) is 24.8 Å². The van der Waals surface area contributed by atoms with Crippen LogP contribution < -0.4 is 5.32 Å². The van der Waals surface area contributed by atoms with Gasteiger partial charge in [-0.3, -0.25) is 0 Å². The molecule has 0 amide bonds. The fourth-order valence-corrected chi connectivity index (χ4v) is 1.81. The Morgan fingerprint density at radius 2 is 1.95 bits per heavy atom. The molecule has 0 bridgehead atoms. The van der Waals surface area contributed by atoms with E-state index in [9.17, 15) is 10.2 Å². The zero-order chi connectivity index (χ0) is 14.3. The van der Waals surface area contributed by atoms with Crippen LogP contribution in [0, 0.1) is 5.92 Å². The summed E-state index contributed by atoms with van der Waals surface area (Å²) in [5, 5.41) is 22.5. The van der Waals surface area contributed by atoms with Crippen molar-refractivity contribution < 1.29 is 14.9 Å². The van der Waals surface area contributed by atoms with Crippen molar-refractivity contribution >= 4 is 0 Å². The van der Waals surface area contributed by atoms with Crippen LogP contribution in [0.1, 0.15) is 38.8 Å². The van der Waals surface area contributed by atoms with Gasteiger partial charge in [-0.1, -0.05) is 13.8 Å². The topological polar surface area (TPSA) is 61.7 Å². The largest absolute Gasteiger partial charge is 0.508 e. The molecule has 1 atom stereocenters. The Morgan fingerprint density at radius 1 is 1.21 bits per heavy atom. The Morgan fingerprint density at radius 3 is 2.63 bits per heavy atom. The summed E-state index contributed by atoms with van der Waals surface area (Å²) in [6.07, 6.45) is 0.927. The van der Waals surface area contributed by atoms with E-state index in [0.29, 0.717) is 11.5 Å². The van der Waals surface area contributed by atoms with Gasteiger partial charge in [0.2, 0.25) is 0 Å². The SMILES string of the molecule is CC(C)COCCCNC(C)c1cc(O)ccc1O. The molecule has 1 unspecified atom stereocenters. The normalized spacial score (nSPS) is 12.8. The first-order valence-electron chi connectivity index (χ1n) is 6.83. The van der Waals surface area contributed by atoms with E-state index in [1.165, 1.54) is 12.1 Å². The van der Waals surface area contributed by atoms with Crippen molar-refractivity contribution in [2.24, 2.45) is 5.92 Å². The quantitative estimate of drug-likeness (QED) is 0.500. The van der Waals surface area contributed by atoms with Gasteiger partial charge in [-0.15, -0.1) is 0 Å². The lowest BCUT2D eigenvalue weighted by Gasteiger charge is -2.16. The van der Waals surface area contributed by atoms with E-state index in [-0.39, 0.29) is 17.5 Å². The molecule has 0 aromatic heterocycles. The number of benzene rings is 1. The number of rotatable bonds is 8. The van der Waals surface area contributed by atoms with Gasteiger partial charge >= 0.3 is 0 Å². The Balaban J connectivity index is 2.27. The highest BCUT2D eigenvalue weighted by atomic mass is 16.5. The molecule has 1 rings (SSSR count). The first kappa shape index (κ1) is 15.8. The van der Waals surface area contributed by atoms with E-state index in [4.69, 9.17) is 4.74 Å². The molecular weight excluding hydrogens is 242 g/mol. The zero-order valence-electron chi connectivity index (χ0n) is 12.0. The molecule has 0 radical (unpaired) electrons. The van der Waals surface area contributed by atoms with Gasteiger partial charge in [-0.05, 0) is 44.0 Å². The van der Waals surface area contributed by atoms with Crippen LogP contribution in [-0.4, -0.2) is 30.0 Å².